The Labute approximate surface area is 268 Å². The van der Waals surface area contributed by atoms with Crippen molar-refractivity contribution < 1.29 is 29.1 Å². The number of nitrogens with two attached hydrogens (primary N) is 3. The Kier molecular flexibility index (Phi) is 17.8. The van der Waals surface area contributed by atoms with Gasteiger partial charge in [-0.1, -0.05) is 44.2 Å². The van der Waals surface area contributed by atoms with Crippen LogP contribution in [0.3, 0.4) is 0 Å². The van der Waals surface area contributed by atoms with E-state index < -0.39 is 60.3 Å². The van der Waals surface area contributed by atoms with Gasteiger partial charge in [0.1, 0.15) is 24.7 Å². The molecule has 0 fully saturated rings. The van der Waals surface area contributed by atoms with E-state index in [4.69, 9.17) is 33.1 Å². The fourth-order valence-corrected chi connectivity index (χ4v) is 4.37. The predicted octanol–water partition coefficient (Wildman–Crippen LogP) is -2.22. The molecule has 0 aromatic heterocycles. The van der Waals surface area contributed by atoms with Gasteiger partial charge in [-0.25, -0.2) is 0 Å². The second kappa shape index (κ2) is 20.9. The Morgan fingerprint density at radius 2 is 1.22 bits per heavy atom. The van der Waals surface area contributed by atoms with Crippen molar-refractivity contribution in [2.45, 2.75) is 76.5 Å². The standard InChI is InChI=1S/C29H49N11O6/c1-17(2)14-22(40-24(43)19(30)15-18-8-4-3-5-9-18)27(46)39-21(11-7-13-36-29(33)34)26(45)38-20(10-6-12-35-28(31)32)25(44)37-16-23(41)42/h3-5,8-9,17,19-22H,6-7,10-16,30H2,1-2H3,(H,37,44)(H,38,45)(H,39,46)(H,40,43)(H,41,42)(H4,31,32,35)(H4,33,34,36)/t19-,20-,21-,22-/m0/s1. The third-order valence-corrected chi connectivity index (χ3v) is 6.63. The van der Waals surface area contributed by atoms with Crippen LogP contribution in [0.4, 0.5) is 0 Å². The molecule has 0 saturated carbocycles. The molecule has 17 nitrogen and oxygen atoms in total. The van der Waals surface area contributed by atoms with E-state index in [1.807, 2.05) is 44.2 Å². The van der Waals surface area contributed by atoms with E-state index in [0.717, 1.165) is 5.56 Å². The monoisotopic (exact) mass is 647 g/mol. The van der Waals surface area contributed by atoms with E-state index in [9.17, 15) is 24.0 Å². The van der Waals surface area contributed by atoms with Gasteiger partial charge in [0.2, 0.25) is 23.6 Å². The Morgan fingerprint density at radius 1 is 0.739 bits per heavy atom. The van der Waals surface area contributed by atoms with Gasteiger partial charge in [0, 0.05) is 13.1 Å². The Bertz CT molecular complexity index is 1180. The number of benzene rings is 1. The molecule has 0 radical (unpaired) electrons. The molecule has 17 heteroatoms. The summed E-state index contributed by atoms with van der Waals surface area (Å²) in [6.07, 6.45) is 1.22. The van der Waals surface area contributed by atoms with Crippen molar-refractivity contribution in [1.82, 2.24) is 31.9 Å². The van der Waals surface area contributed by atoms with Gasteiger partial charge >= 0.3 is 5.97 Å². The van der Waals surface area contributed by atoms with Crippen molar-refractivity contribution in [2.24, 2.45) is 23.1 Å². The molecule has 0 aliphatic rings. The summed E-state index contributed by atoms with van der Waals surface area (Å²) in [5.74, 6) is -4.48. The first-order chi connectivity index (χ1) is 21.7. The van der Waals surface area contributed by atoms with E-state index in [-0.39, 0.29) is 63.0 Å². The molecule has 4 atom stereocenters. The van der Waals surface area contributed by atoms with Crippen LogP contribution in [0.25, 0.3) is 0 Å². The summed E-state index contributed by atoms with van der Waals surface area (Å²) in [6.45, 7) is 3.50. The summed E-state index contributed by atoms with van der Waals surface area (Å²) < 4.78 is 0. The lowest BCUT2D eigenvalue weighted by Gasteiger charge is -2.26. The second-order valence-electron chi connectivity index (χ2n) is 11.2. The van der Waals surface area contributed by atoms with E-state index in [0.29, 0.717) is 6.42 Å². The van der Waals surface area contributed by atoms with Crippen molar-refractivity contribution in [3.8, 4) is 0 Å². The predicted molar refractivity (Wildman–Crippen MR) is 172 cm³/mol. The minimum absolute atomic E-state index is 0.0145. The van der Waals surface area contributed by atoms with Gasteiger partial charge in [-0.05, 0) is 50.0 Å². The number of carbonyl (C=O) groups excluding carboxylic acids is 4. The lowest BCUT2D eigenvalue weighted by molar-refractivity contribution is -0.138. The van der Waals surface area contributed by atoms with Crippen molar-refractivity contribution in [3.63, 3.8) is 0 Å². The number of nitrogens with one attached hydrogen (secondary N) is 8. The van der Waals surface area contributed by atoms with Crippen LogP contribution in [-0.2, 0) is 30.4 Å². The van der Waals surface area contributed by atoms with Gasteiger partial charge in [0.25, 0.3) is 0 Å². The molecule has 0 aliphatic carbocycles. The summed E-state index contributed by atoms with van der Waals surface area (Å²) in [5.41, 5.74) is 17.6. The second-order valence-corrected chi connectivity index (χ2v) is 11.2. The van der Waals surface area contributed by atoms with E-state index in [2.05, 4.69) is 31.9 Å². The van der Waals surface area contributed by atoms with Crippen LogP contribution in [0, 0.1) is 16.7 Å². The first-order valence-electron chi connectivity index (χ1n) is 15.1. The fourth-order valence-electron chi connectivity index (χ4n) is 4.37. The SMILES string of the molecule is CC(C)C[C@H](NC(=O)[C@@H](N)Cc1ccccc1)C(=O)N[C@@H](CCCNC(=N)N)C(=O)N[C@@H](CCCNC(=N)N)C(=O)NCC(=O)O. The molecule has 256 valence electrons. The van der Waals surface area contributed by atoms with Crippen LogP contribution in [0.15, 0.2) is 30.3 Å². The molecule has 0 saturated heterocycles. The number of carbonyl (C=O) groups is 5. The zero-order valence-electron chi connectivity index (χ0n) is 26.4. The van der Waals surface area contributed by atoms with Crippen LogP contribution >= 0.6 is 0 Å². The lowest BCUT2D eigenvalue weighted by Crippen LogP contribution is -2.58. The minimum Gasteiger partial charge on any atom is -0.480 e. The summed E-state index contributed by atoms with van der Waals surface area (Å²) in [4.78, 5) is 63.8. The highest BCUT2D eigenvalue weighted by atomic mass is 16.4. The largest absolute Gasteiger partial charge is 0.480 e. The van der Waals surface area contributed by atoms with Crippen LogP contribution < -0.4 is 49.1 Å². The number of amides is 4. The molecule has 0 unspecified atom stereocenters. The molecule has 15 N–H and O–H groups in total. The summed E-state index contributed by atoms with van der Waals surface area (Å²) in [7, 11) is 0. The number of hydrogen-bond donors (Lipinski definition) is 12. The molecule has 1 aromatic rings. The van der Waals surface area contributed by atoms with E-state index in [1.54, 1.807) is 0 Å². The molecular weight excluding hydrogens is 598 g/mol. The maximum absolute atomic E-state index is 13.5. The zero-order valence-corrected chi connectivity index (χ0v) is 26.4. The lowest BCUT2D eigenvalue weighted by atomic mass is 10.0. The van der Waals surface area contributed by atoms with Crippen molar-refractivity contribution in [3.05, 3.63) is 35.9 Å². The quantitative estimate of drug-likeness (QED) is 0.0385. The van der Waals surface area contributed by atoms with Crippen molar-refractivity contribution in [2.75, 3.05) is 19.6 Å². The number of aliphatic carboxylic acids is 1. The maximum atomic E-state index is 13.5. The van der Waals surface area contributed by atoms with Crippen LogP contribution in [0.1, 0.15) is 51.5 Å². The number of hydrogen-bond acceptors (Lipinski definition) is 8. The number of rotatable bonds is 21. The third-order valence-electron chi connectivity index (χ3n) is 6.63. The average molecular weight is 648 g/mol. The van der Waals surface area contributed by atoms with Gasteiger partial charge in [-0.2, -0.15) is 0 Å². The molecule has 0 aliphatic heterocycles. The fraction of sp³-hybridized carbons (Fsp3) is 0.552. The Morgan fingerprint density at radius 3 is 1.70 bits per heavy atom. The van der Waals surface area contributed by atoms with Gasteiger partial charge in [-0.15, -0.1) is 0 Å². The topological polar surface area (TPSA) is 304 Å². The number of guanidine groups is 2. The third kappa shape index (κ3) is 16.8. The molecule has 4 amide bonds. The van der Waals surface area contributed by atoms with E-state index in [1.165, 1.54) is 0 Å². The highest BCUT2D eigenvalue weighted by Crippen LogP contribution is 2.09. The van der Waals surface area contributed by atoms with Crippen molar-refractivity contribution in [1.29, 1.82) is 10.8 Å². The zero-order chi connectivity index (χ0) is 34.6. The first kappa shape index (κ1) is 39.1. The Balaban J connectivity index is 3.11. The highest BCUT2D eigenvalue weighted by Gasteiger charge is 2.30. The van der Waals surface area contributed by atoms with Gasteiger partial charge in [-0.3, -0.25) is 34.8 Å². The number of carboxylic acids is 1. The Hall–Kier alpha value is -4.93. The average Bonchev–Trinajstić information content (AvgIpc) is 2.98. The molecule has 0 heterocycles. The normalized spacial score (nSPS) is 13.3. The molecule has 46 heavy (non-hydrogen) atoms. The molecule has 0 bridgehead atoms. The van der Waals surface area contributed by atoms with Crippen LogP contribution in [0.2, 0.25) is 0 Å². The van der Waals surface area contributed by atoms with E-state index >= 15 is 0 Å². The van der Waals surface area contributed by atoms with Gasteiger partial charge < -0.3 is 54.2 Å². The highest BCUT2D eigenvalue weighted by molar-refractivity contribution is 5.95. The molecular formula is C29H49N11O6. The smallest absolute Gasteiger partial charge is 0.322 e. The molecule has 1 rings (SSSR count). The minimum atomic E-state index is -1.28. The summed E-state index contributed by atoms with van der Waals surface area (Å²) in [5, 5.41) is 39.0. The van der Waals surface area contributed by atoms with Crippen LogP contribution in [-0.4, -0.2) is 90.4 Å². The van der Waals surface area contributed by atoms with Crippen molar-refractivity contribution >= 4 is 41.5 Å². The van der Waals surface area contributed by atoms with Gasteiger partial charge in [0.05, 0.1) is 6.04 Å². The number of carboxylic acid groups (broad SMARTS) is 1. The summed E-state index contributed by atoms with van der Waals surface area (Å²) >= 11 is 0. The molecule has 0 spiro atoms. The van der Waals surface area contributed by atoms with Gasteiger partial charge in [0.15, 0.2) is 11.9 Å². The first-order valence-corrected chi connectivity index (χ1v) is 15.1. The molecule has 1 aromatic carbocycles. The van der Waals surface area contributed by atoms with Crippen LogP contribution in [0.5, 0.6) is 0 Å². The maximum Gasteiger partial charge on any atom is 0.322 e. The summed E-state index contributed by atoms with van der Waals surface area (Å²) in [6, 6.07) is 4.89.